The molecule has 1 rings (SSSR count). The van der Waals surface area contributed by atoms with Crippen LogP contribution in [0.15, 0.2) is 18.2 Å². The Bertz CT molecular complexity index is 379. The molecule has 0 spiro atoms. The maximum atomic E-state index is 10.6. The number of hydrogen-bond donors (Lipinski definition) is 2. The highest BCUT2D eigenvalue weighted by Gasteiger charge is 2.13. The number of nitrogens with one attached hydrogen (secondary N) is 1. The highest BCUT2D eigenvalue weighted by molar-refractivity contribution is 5.40. The lowest BCUT2D eigenvalue weighted by atomic mass is 10.0. The summed E-state index contributed by atoms with van der Waals surface area (Å²) in [7, 11) is 0. The molecule has 0 saturated carbocycles. The van der Waals surface area contributed by atoms with Gasteiger partial charge in [0, 0.05) is 24.7 Å². The van der Waals surface area contributed by atoms with Gasteiger partial charge in [-0.2, -0.15) is 0 Å². The SMILES string of the molecule is Cc1ccc([N+](=O)[O-])cc1C(C)NCCO. The van der Waals surface area contributed by atoms with Crippen LogP contribution in [0, 0.1) is 17.0 Å². The van der Waals surface area contributed by atoms with Crippen LogP contribution < -0.4 is 5.32 Å². The topological polar surface area (TPSA) is 75.4 Å². The van der Waals surface area contributed by atoms with Crippen LogP contribution in [0.3, 0.4) is 0 Å². The van der Waals surface area contributed by atoms with Crippen LogP contribution in [0.5, 0.6) is 0 Å². The van der Waals surface area contributed by atoms with Crippen molar-refractivity contribution in [2.75, 3.05) is 13.2 Å². The third-order valence-electron chi connectivity index (χ3n) is 2.50. The Morgan fingerprint density at radius 2 is 2.25 bits per heavy atom. The molecule has 1 aromatic carbocycles. The predicted octanol–water partition coefficient (Wildman–Crippen LogP) is 1.55. The Morgan fingerprint density at radius 1 is 1.56 bits per heavy atom. The monoisotopic (exact) mass is 224 g/mol. The number of aliphatic hydroxyl groups is 1. The number of rotatable bonds is 5. The number of hydrogen-bond acceptors (Lipinski definition) is 4. The molecule has 2 N–H and O–H groups in total. The minimum Gasteiger partial charge on any atom is -0.395 e. The van der Waals surface area contributed by atoms with E-state index in [0.717, 1.165) is 11.1 Å². The highest BCUT2D eigenvalue weighted by Crippen LogP contribution is 2.22. The molecule has 0 aliphatic heterocycles. The first-order valence-electron chi connectivity index (χ1n) is 5.15. The van der Waals surface area contributed by atoms with Gasteiger partial charge in [-0.1, -0.05) is 6.07 Å². The standard InChI is InChI=1S/C11H16N2O3/c1-8-3-4-10(13(15)16)7-11(8)9(2)12-5-6-14/h3-4,7,9,12,14H,5-6H2,1-2H3. The van der Waals surface area contributed by atoms with E-state index in [0.29, 0.717) is 6.54 Å². The first-order chi connectivity index (χ1) is 7.56. The van der Waals surface area contributed by atoms with Crippen LogP contribution in [0.1, 0.15) is 24.1 Å². The summed E-state index contributed by atoms with van der Waals surface area (Å²) in [6.45, 7) is 4.36. The van der Waals surface area contributed by atoms with Gasteiger partial charge in [0.2, 0.25) is 0 Å². The Hall–Kier alpha value is -1.46. The zero-order valence-electron chi connectivity index (χ0n) is 9.43. The molecule has 1 unspecified atom stereocenters. The second-order valence-electron chi connectivity index (χ2n) is 3.70. The van der Waals surface area contributed by atoms with Crippen LogP contribution >= 0.6 is 0 Å². The zero-order valence-corrected chi connectivity index (χ0v) is 9.43. The Morgan fingerprint density at radius 3 is 2.81 bits per heavy atom. The summed E-state index contributed by atoms with van der Waals surface area (Å²) in [5.74, 6) is 0. The molecule has 1 aromatic rings. The molecule has 1 atom stereocenters. The first-order valence-corrected chi connectivity index (χ1v) is 5.15. The molecule has 0 amide bonds. The van der Waals surface area contributed by atoms with E-state index in [1.807, 2.05) is 13.8 Å². The molecular formula is C11H16N2O3. The number of aryl methyl sites for hydroxylation is 1. The average molecular weight is 224 g/mol. The van der Waals surface area contributed by atoms with E-state index < -0.39 is 4.92 Å². The van der Waals surface area contributed by atoms with Gasteiger partial charge < -0.3 is 10.4 Å². The van der Waals surface area contributed by atoms with Gasteiger partial charge >= 0.3 is 0 Å². The zero-order chi connectivity index (χ0) is 12.1. The van der Waals surface area contributed by atoms with Crippen molar-refractivity contribution in [2.24, 2.45) is 0 Å². The number of nitrogens with zero attached hydrogens (tertiary/aromatic N) is 1. The van der Waals surface area contributed by atoms with E-state index in [4.69, 9.17) is 5.11 Å². The molecule has 0 fully saturated rings. The highest BCUT2D eigenvalue weighted by atomic mass is 16.6. The second-order valence-corrected chi connectivity index (χ2v) is 3.70. The quantitative estimate of drug-likeness (QED) is 0.587. The van der Waals surface area contributed by atoms with Crippen molar-refractivity contribution in [1.82, 2.24) is 5.32 Å². The smallest absolute Gasteiger partial charge is 0.269 e. The Labute approximate surface area is 94.3 Å². The number of non-ortho nitro benzene ring substituents is 1. The van der Waals surface area contributed by atoms with Crippen molar-refractivity contribution in [3.05, 3.63) is 39.4 Å². The number of nitro groups is 1. The minimum absolute atomic E-state index is 0.00736. The van der Waals surface area contributed by atoms with Gasteiger partial charge in [0.25, 0.3) is 5.69 Å². The molecule has 0 aromatic heterocycles. The van der Waals surface area contributed by atoms with Crippen molar-refractivity contribution >= 4 is 5.69 Å². The van der Waals surface area contributed by atoms with Gasteiger partial charge in [-0.05, 0) is 25.0 Å². The van der Waals surface area contributed by atoms with E-state index in [2.05, 4.69) is 5.32 Å². The fraction of sp³-hybridized carbons (Fsp3) is 0.455. The summed E-state index contributed by atoms with van der Waals surface area (Å²) in [5, 5.41) is 22.4. The molecule has 16 heavy (non-hydrogen) atoms. The normalized spacial score (nSPS) is 12.4. The Balaban J connectivity index is 2.92. The van der Waals surface area contributed by atoms with Crippen molar-refractivity contribution in [3.63, 3.8) is 0 Å². The van der Waals surface area contributed by atoms with Crippen LogP contribution in [0.4, 0.5) is 5.69 Å². The van der Waals surface area contributed by atoms with Crippen molar-refractivity contribution < 1.29 is 10.0 Å². The molecule has 0 saturated heterocycles. The summed E-state index contributed by atoms with van der Waals surface area (Å²) >= 11 is 0. The van der Waals surface area contributed by atoms with Gasteiger partial charge in [0.05, 0.1) is 11.5 Å². The summed E-state index contributed by atoms with van der Waals surface area (Å²) in [5.41, 5.74) is 1.99. The van der Waals surface area contributed by atoms with Gasteiger partial charge in [0.1, 0.15) is 0 Å². The van der Waals surface area contributed by atoms with Crippen LogP contribution in [0.2, 0.25) is 0 Å². The lowest BCUT2D eigenvalue weighted by Crippen LogP contribution is -2.22. The summed E-state index contributed by atoms with van der Waals surface area (Å²) in [4.78, 5) is 10.2. The van der Waals surface area contributed by atoms with Crippen LogP contribution in [-0.2, 0) is 0 Å². The molecule has 0 radical (unpaired) electrons. The lowest BCUT2D eigenvalue weighted by Gasteiger charge is -2.15. The molecule has 0 bridgehead atoms. The van der Waals surface area contributed by atoms with E-state index >= 15 is 0 Å². The maximum absolute atomic E-state index is 10.6. The van der Waals surface area contributed by atoms with Crippen molar-refractivity contribution in [1.29, 1.82) is 0 Å². The molecular weight excluding hydrogens is 208 g/mol. The summed E-state index contributed by atoms with van der Waals surface area (Å²) in [6, 6.07) is 4.80. The van der Waals surface area contributed by atoms with Crippen molar-refractivity contribution in [2.45, 2.75) is 19.9 Å². The van der Waals surface area contributed by atoms with Crippen LogP contribution in [-0.4, -0.2) is 23.2 Å². The minimum atomic E-state index is -0.401. The number of aliphatic hydroxyl groups excluding tert-OH is 1. The number of nitro benzene ring substituents is 1. The van der Waals surface area contributed by atoms with Gasteiger partial charge in [-0.25, -0.2) is 0 Å². The van der Waals surface area contributed by atoms with Gasteiger partial charge in [-0.15, -0.1) is 0 Å². The molecule has 0 heterocycles. The second kappa shape index (κ2) is 5.58. The largest absolute Gasteiger partial charge is 0.395 e. The molecule has 5 nitrogen and oxygen atoms in total. The molecule has 0 aliphatic rings. The Kier molecular flexibility index (Phi) is 4.39. The third kappa shape index (κ3) is 3.01. The van der Waals surface area contributed by atoms with E-state index in [9.17, 15) is 10.1 Å². The van der Waals surface area contributed by atoms with E-state index in [-0.39, 0.29) is 18.3 Å². The summed E-state index contributed by atoms with van der Waals surface area (Å²) < 4.78 is 0. The molecule has 88 valence electrons. The fourth-order valence-corrected chi connectivity index (χ4v) is 1.60. The first kappa shape index (κ1) is 12.6. The van der Waals surface area contributed by atoms with Crippen molar-refractivity contribution in [3.8, 4) is 0 Å². The fourth-order valence-electron chi connectivity index (χ4n) is 1.60. The molecule has 5 heteroatoms. The predicted molar refractivity (Wildman–Crippen MR) is 61.3 cm³/mol. The number of benzene rings is 1. The lowest BCUT2D eigenvalue weighted by molar-refractivity contribution is -0.384. The summed E-state index contributed by atoms with van der Waals surface area (Å²) in [6.07, 6.45) is 0. The molecule has 0 aliphatic carbocycles. The van der Waals surface area contributed by atoms with Gasteiger partial charge in [-0.3, -0.25) is 10.1 Å². The maximum Gasteiger partial charge on any atom is 0.269 e. The van der Waals surface area contributed by atoms with Gasteiger partial charge in [0.15, 0.2) is 0 Å². The van der Waals surface area contributed by atoms with Crippen LogP contribution in [0.25, 0.3) is 0 Å². The average Bonchev–Trinajstić information content (AvgIpc) is 2.26. The third-order valence-corrected chi connectivity index (χ3v) is 2.50. The van der Waals surface area contributed by atoms with E-state index in [1.54, 1.807) is 12.1 Å². The van der Waals surface area contributed by atoms with E-state index in [1.165, 1.54) is 6.07 Å².